The van der Waals surface area contributed by atoms with E-state index in [1.165, 1.54) is 11.1 Å². The van der Waals surface area contributed by atoms with E-state index in [0.29, 0.717) is 5.92 Å². The molecular formula is C15H25NOS. The summed E-state index contributed by atoms with van der Waals surface area (Å²) in [5.74, 6) is 2.50. The van der Waals surface area contributed by atoms with Crippen LogP contribution in [0.2, 0.25) is 0 Å². The molecule has 0 radical (unpaired) electrons. The molecule has 0 heterocycles. The van der Waals surface area contributed by atoms with Crippen molar-refractivity contribution in [3.8, 4) is 5.75 Å². The lowest BCUT2D eigenvalue weighted by Crippen LogP contribution is -2.19. The van der Waals surface area contributed by atoms with E-state index >= 15 is 0 Å². The molecule has 18 heavy (non-hydrogen) atoms. The fraction of sp³-hybridized carbons (Fsp3) is 0.600. The molecule has 1 aromatic rings. The fourth-order valence-electron chi connectivity index (χ4n) is 1.88. The minimum Gasteiger partial charge on any atom is -0.496 e. The van der Waals surface area contributed by atoms with Crippen LogP contribution in [-0.2, 0) is 6.42 Å². The third-order valence-electron chi connectivity index (χ3n) is 3.06. The van der Waals surface area contributed by atoms with Gasteiger partial charge in [0.15, 0.2) is 0 Å². The minimum absolute atomic E-state index is 0.543. The van der Waals surface area contributed by atoms with Gasteiger partial charge in [0.25, 0.3) is 0 Å². The zero-order valence-corrected chi connectivity index (χ0v) is 12.6. The van der Waals surface area contributed by atoms with Gasteiger partial charge in [-0.3, -0.25) is 0 Å². The number of hydrogen-bond acceptors (Lipinski definition) is 3. The summed E-state index contributed by atoms with van der Waals surface area (Å²) in [6.07, 6.45) is 2.13. The van der Waals surface area contributed by atoms with Crippen molar-refractivity contribution in [2.45, 2.75) is 32.6 Å². The van der Waals surface area contributed by atoms with Gasteiger partial charge in [0, 0.05) is 0 Å². The monoisotopic (exact) mass is 267 g/mol. The number of methoxy groups -OCH3 is 1. The molecule has 0 bridgehead atoms. The second kappa shape index (κ2) is 8.44. The Hall–Kier alpha value is -0.670. The number of rotatable bonds is 8. The first-order chi connectivity index (χ1) is 8.69. The average Bonchev–Trinajstić information content (AvgIpc) is 2.38. The summed E-state index contributed by atoms with van der Waals surface area (Å²) in [6, 6.07) is 6.55. The molecule has 0 aliphatic heterocycles. The normalized spacial score (nSPS) is 10.9. The van der Waals surface area contributed by atoms with E-state index in [1.54, 1.807) is 7.11 Å². The van der Waals surface area contributed by atoms with Gasteiger partial charge in [-0.2, -0.15) is 12.6 Å². The summed E-state index contributed by atoms with van der Waals surface area (Å²) in [6.45, 7) is 6.43. The molecule has 0 amide bonds. The Labute approximate surface area is 117 Å². The molecule has 0 aliphatic carbocycles. The predicted molar refractivity (Wildman–Crippen MR) is 82.1 cm³/mol. The molecule has 0 saturated carbocycles. The van der Waals surface area contributed by atoms with Gasteiger partial charge >= 0.3 is 0 Å². The van der Waals surface area contributed by atoms with Gasteiger partial charge in [-0.15, -0.1) is 0 Å². The van der Waals surface area contributed by atoms with Crippen molar-refractivity contribution in [1.82, 2.24) is 5.32 Å². The average molecular weight is 267 g/mol. The van der Waals surface area contributed by atoms with Crippen molar-refractivity contribution < 1.29 is 4.74 Å². The molecule has 2 nitrogen and oxygen atoms in total. The van der Waals surface area contributed by atoms with Gasteiger partial charge in [-0.25, -0.2) is 0 Å². The van der Waals surface area contributed by atoms with Crippen LogP contribution in [0.4, 0.5) is 0 Å². The molecule has 102 valence electrons. The zero-order chi connectivity index (χ0) is 13.4. The Morgan fingerprint density at radius 3 is 2.67 bits per heavy atom. The Morgan fingerprint density at radius 2 is 2.06 bits per heavy atom. The van der Waals surface area contributed by atoms with Crippen LogP contribution in [0.25, 0.3) is 0 Å². The smallest absolute Gasteiger partial charge is 0.122 e. The van der Waals surface area contributed by atoms with Crippen molar-refractivity contribution in [2.75, 3.05) is 26.0 Å². The van der Waals surface area contributed by atoms with Gasteiger partial charge in [-0.05, 0) is 54.8 Å². The maximum atomic E-state index is 5.47. The highest BCUT2D eigenvalue weighted by molar-refractivity contribution is 7.80. The summed E-state index contributed by atoms with van der Waals surface area (Å²) >= 11 is 4.19. The lowest BCUT2D eigenvalue weighted by atomic mass is 10.00. The Morgan fingerprint density at radius 1 is 1.28 bits per heavy atom. The molecule has 1 N–H and O–H groups in total. The second-order valence-electron chi connectivity index (χ2n) is 4.80. The largest absolute Gasteiger partial charge is 0.496 e. The zero-order valence-electron chi connectivity index (χ0n) is 11.7. The second-order valence-corrected chi connectivity index (χ2v) is 5.25. The SMILES string of the molecule is COc1cc(C(C)C)ccc1CCNCCCS. The summed E-state index contributed by atoms with van der Waals surface area (Å²) in [7, 11) is 1.75. The van der Waals surface area contributed by atoms with Gasteiger partial charge in [0.1, 0.15) is 5.75 Å². The Bertz CT molecular complexity index is 352. The van der Waals surface area contributed by atoms with Gasteiger partial charge in [-0.1, -0.05) is 26.0 Å². The van der Waals surface area contributed by atoms with Crippen LogP contribution >= 0.6 is 12.6 Å². The summed E-state index contributed by atoms with van der Waals surface area (Å²) < 4.78 is 5.47. The number of thiol groups is 1. The molecule has 0 fully saturated rings. The maximum absolute atomic E-state index is 5.47. The summed E-state index contributed by atoms with van der Waals surface area (Å²) in [5.41, 5.74) is 2.61. The van der Waals surface area contributed by atoms with Crippen molar-refractivity contribution >= 4 is 12.6 Å². The molecule has 0 unspecified atom stereocenters. The molecule has 0 spiro atoms. The summed E-state index contributed by atoms with van der Waals surface area (Å²) in [4.78, 5) is 0. The van der Waals surface area contributed by atoms with Crippen LogP contribution in [-0.4, -0.2) is 26.0 Å². The maximum Gasteiger partial charge on any atom is 0.122 e. The van der Waals surface area contributed by atoms with E-state index in [9.17, 15) is 0 Å². The molecule has 1 rings (SSSR count). The molecular weight excluding hydrogens is 242 g/mol. The lowest BCUT2D eigenvalue weighted by Gasteiger charge is -2.13. The highest BCUT2D eigenvalue weighted by atomic mass is 32.1. The van der Waals surface area contributed by atoms with Crippen LogP contribution in [0, 0.1) is 0 Å². The van der Waals surface area contributed by atoms with E-state index in [4.69, 9.17) is 4.74 Å². The third-order valence-corrected chi connectivity index (χ3v) is 3.38. The van der Waals surface area contributed by atoms with Crippen molar-refractivity contribution in [3.05, 3.63) is 29.3 Å². The van der Waals surface area contributed by atoms with Crippen LogP contribution < -0.4 is 10.1 Å². The van der Waals surface area contributed by atoms with Crippen molar-refractivity contribution in [1.29, 1.82) is 0 Å². The Balaban J connectivity index is 2.54. The number of ether oxygens (including phenoxy) is 1. The lowest BCUT2D eigenvalue weighted by molar-refractivity contribution is 0.408. The van der Waals surface area contributed by atoms with Gasteiger partial charge in [0.05, 0.1) is 7.11 Å². The first kappa shape index (κ1) is 15.4. The fourth-order valence-corrected chi connectivity index (χ4v) is 2.04. The number of nitrogens with one attached hydrogen (secondary N) is 1. The van der Waals surface area contributed by atoms with E-state index in [0.717, 1.165) is 37.4 Å². The van der Waals surface area contributed by atoms with E-state index in [-0.39, 0.29) is 0 Å². The van der Waals surface area contributed by atoms with Crippen LogP contribution in [0.5, 0.6) is 5.75 Å². The molecule has 1 aromatic carbocycles. The minimum atomic E-state index is 0.543. The van der Waals surface area contributed by atoms with Crippen LogP contribution in [0.15, 0.2) is 18.2 Å². The van der Waals surface area contributed by atoms with Gasteiger partial charge < -0.3 is 10.1 Å². The Kier molecular flexibility index (Phi) is 7.21. The van der Waals surface area contributed by atoms with Crippen molar-refractivity contribution in [2.24, 2.45) is 0 Å². The molecule has 0 saturated heterocycles. The predicted octanol–water partition coefficient (Wildman–Crippen LogP) is 3.27. The molecule has 0 aromatic heterocycles. The van der Waals surface area contributed by atoms with Crippen LogP contribution in [0.3, 0.4) is 0 Å². The topological polar surface area (TPSA) is 21.3 Å². The highest BCUT2D eigenvalue weighted by Crippen LogP contribution is 2.24. The molecule has 0 atom stereocenters. The first-order valence-electron chi connectivity index (χ1n) is 6.67. The molecule has 3 heteroatoms. The van der Waals surface area contributed by atoms with Crippen LogP contribution in [0.1, 0.15) is 37.3 Å². The first-order valence-corrected chi connectivity index (χ1v) is 7.30. The third kappa shape index (κ3) is 4.91. The van der Waals surface area contributed by atoms with E-state index in [2.05, 4.69) is 50.0 Å². The number of hydrogen-bond donors (Lipinski definition) is 2. The van der Waals surface area contributed by atoms with Gasteiger partial charge in [0.2, 0.25) is 0 Å². The quantitative estimate of drug-likeness (QED) is 0.557. The standard InChI is InChI=1S/C15H25NOS/c1-12(2)14-6-5-13(15(11-14)17-3)7-9-16-8-4-10-18/h5-6,11-12,16,18H,4,7-10H2,1-3H3. The van der Waals surface area contributed by atoms with E-state index < -0.39 is 0 Å². The molecule has 0 aliphatic rings. The van der Waals surface area contributed by atoms with Crippen molar-refractivity contribution in [3.63, 3.8) is 0 Å². The highest BCUT2D eigenvalue weighted by Gasteiger charge is 2.06. The summed E-state index contributed by atoms with van der Waals surface area (Å²) in [5, 5.41) is 3.42. The number of benzene rings is 1. The van der Waals surface area contributed by atoms with E-state index in [1.807, 2.05) is 0 Å².